The molecule has 0 radical (unpaired) electrons. The minimum absolute atomic E-state index is 0.0102. The van der Waals surface area contributed by atoms with Crippen molar-refractivity contribution in [2.45, 2.75) is 26.4 Å². The topological polar surface area (TPSA) is 82.6 Å². The maximum Gasteiger partial charge on any atom is 0.367 e. The molecule has 0 saturated heterocycles. The number of benzene rings is 1. The van der Waals surface area contributed by atoms with Crippen LogP contribution in [0.4, 0.5) is 0 Å². The van der Waals surface area contributed by atoms with Gasteiger partial charge >= 0.3 is 11.9 Å². The highest BCUT2D eigenvalue weighted by atomic mass is 79.9. The average Bonchev–Trinajstić information content (AvgIpc) is 3.08. The number of thiazole rings is 1. The molecule has 0 aliphatic rings. The summed E-state index contributed by atoms with van der Waals surface area (Å²) in [6.07, 6.45) is 0.0649. The lowest BCUT2D eigenvalue weighted by Crippen LogP contribution is -2.09. The number of ether oxygens (including phenoxy) is 2. The Morgan fingerprint density at radius 3 is 2.52 bits per heavy atom. The molecule has 6 nitrogen and oxygen atoms in total. The first-order valence-electron chi connectivity index (χ1n) is 7.55. The fourth-order valence-electron chi connectivity index (χ4n) is 1.88. The molecule has 0 amide bonds. The maximum absolute atomic E-state index is 12.0. The number of aromatic nitrogens is 1. The van der Waals surface area contributed by atoms with Gasteiger partial charge in [0.15, 0.2) is 5.78 Å². The normalized spacial score (nSPS) is 10.3. The van der Waals surface area contributed by atoms with Crippen LogP contribution in [0.2, 0.25) is 0 Å². The number of carbonyl (C=O) groups is 3. The third kappa shape index (κ3) is 6.06. The molecular formula is C17H16BrNO5S. The summed E-state index contributed by atoms with van der Waals surface area (Å²) in [5, 5.41) is 1.85. The zero-order valence-corrected chi connectivity index (χ0v) is 15.9. The predicted octanol–water partition coefficient (Wildman–Crippen LogP) is 3.79. The number of hydrogen-bond donors (Lipinski definition) is 0. The number of ketones is 1. The number of carbonyl (C=O) groups excluding carboxylic acids is 3. The average molecular weight is 426 g/mol. The number of Topliss-reactive ketones (excluding diaryl/α,β-unsaturated/α-hetero) is 1. The number of halogens is 1. The molecule has 0 atom stereocenters. The number of esters is 2. The standard InChI is InChI=1S/C17H16BrNO5S/c1-2-23-17(22)16-19-13(10-25-16)9-24-15(21)8-7-14(20)11-3-5-12(18)6-4-11/h3-6,10H,2,7-9H2,1H3. The highest BCUT2D eigenvalue weighted by molar-refractivity contribution is 9.10. The molecule has 1 aromatic heterocycles. The van der Waals surface area contributed by atoms with Crippen LogP contribution in [0.25, 0.3) is 0 Å². The first kappa shape index (κ1) is 19.3. The van der Waals surface area contributed by atoms with E-state index in [0.717, 1.165) is 15.8 Å². The van der Waals surface area contributed by atoms with Gasteiger partial charge in [0.25, 0.3) is 0 Å². The van der Waals surface area contributed by atoms with Crippen molar-refractivity contribution < 1.29 is 23.9 Å². The molecular weight excluding hydrogens is 410 g/mol. The van der Waals surface area contributed by atoms with Gasteiger partial charge in [-0.15, -0.1) is 11.3 Å². The highest BCUT2D eigenvalue weighted by Gasteiger charge is 2.14. The quantitative estimate of drug-likeness (QED) is 0.472. The molecule has 0 unspecified atom stereocenters. The zero-order valence-electron chi connectivity index (χ0n) is 13.5. The summed E-state index contributed by atoms with van der Waals surface area (Å²) in [4.78, 5) is 39.3. The lowest BCUT2D eigenvalue weighted by molar-refractivity contribution is -0.145. The van der Waals surface area contributed by atoms with Gasteiger partial charge in [0.05, 0.1) is 18.7 Å². The van der Waals surface area contributed by atoms with Crippen LogP contribution in [0.15, 0.2) is 34.1 Å². The summed E-state index contributed by atoms with van der Waals surface area (Å²) in [7, 11) is 0. The smallest absolute Gasteiger partial charge is 0.367 e. The molecule has 25 heavy (non-hydrogen) atoms. The van der Waals surface area contributed by atoms with Crippen LogP contribution in [-0.4, -0.2) is 29.3 Å². The van der Waals surface area contributed by atoms with Crippen molar-refractivity contribution in [1.29, 1.82) is 0 Å². The van der Waals surface area contributed by atoms with Gasteiger partial charge in [0.2, 0.25) is 5.01 Å². The molecule has 0 aliphatic heterocycles. The number of rotatable bonds is 8. The molecule has 8 heteroatoms. The van der Waals surface area contributed by atoms with Gasteiger partial charge in [-0.25, -0.2) is 9.78 Å². The molecule has 0 saturated carbocycles. The minimum Gasteiger partial charge on any atom is -0.461 e. The second kappa shape index (κ2) is 9.43. The first-order valence-corrected chi connectivity index (χ1v) is 9.22. The Morgan fingerprint density at radius 1 is 1.12 bits per heavy atom. The number of hydrogen-bond acceptors (Lipinski definition) is 7. The SMILES string of the molecule is CCOC(=O)c1nc(COC(=O)CCC(=O)c2ccc(Br)cc2)cs1. The van der Waals surface area contributed by atoms with Crippen molar-refractivity contribution in [3.63, 3.8) is 0 Å². The Kier molecular flexibility index (Phi) is 7.27. The molecule has 132 valence electrons. The maximum atomic E-state index is 12.0. The van der Waals surface area contributed by atoms with Gasteiger partial charge in [-0.3, -0.25) is 9.59 Å². The Morgan fingerprint density at radius 2 is 1.84 bits per heavy atom. The van der Waals surface area contributed by atoms with E-state index in [9.17, 15) is 14.4 Å². The van der Waals surface area contributed by atoms with E-state index >= 15 is 0 Å². The zero-order chi connectivity index (χ0) is 18.2. The van der Waals surface area contributed by atoms with Crippen molar-refractivity contribution in [3.8, 4) is 0 Å². The number of nitrogens with zero attached hydrogens (tertiary/aromatic N) is 1. The Hall–Kier alpha value is -2.06. The predicted molar refractivity (Wildman–Crippen MR) is 95.6 cm³/mol. The molecule has 0 spiro atoms. The third-order valence-electron chi connectivity index (χ3n) is 3.11. The first-order chi connectivity index (χ1) is 12.0. The second-order valence-corrected chi connectivity index (χ2v) is 6.73. The van der Waals surface area contributed by atoms with Crippen molar-refractivity contribution in [3.05, 3.63) is 50.4 Å². The largest absolute Gasteiger partial charge is 0.461 e. The molecule has 0 aliphatic carbocycles. The van der Waals surface area contributed by atoms with Gasteiger partial charge in [0.1, 0.15) is 6.61 Å². The lowest BCUT2D eigenvalue weighted by atomic mass is 10.1. The summed E-state index contributed by atoms with van der Waals surface area (Å²) < 4.78 is 10.8. The Balaban J connectivity index is 1.76. The summed E-state index contributed by atoms with van der Waals surface area (Å²) in [5.74, 6) is -1.11. The molecule has 2 aromatic rings. The van der Waals surface area contributed by atoms with Crippen LogP contribution < -0.4 is 0 Å². The molecule has 0 fully saturated rings. The molecule has 1 heterocycles. The van der Waals surface area contributed by atoms with E-state index in [2.05, 4.69) is 20.9 Å². The van der Waals surface area contributed by atoms with Crippen molar-refractivity contribution in [1.82, 2.24) is 4.98 Å². The molecule has 2 rings (SSSR count). The van der Waals surface area contributed by atoms with Crippen LogP contribution >= 0.6 is 27.3 Å². The van der Waals surface area contributed by atoms with E-state index in [1.54, 1.807) is 36.6 Å². The van der Waals surface area contributed by atoms with Crippen molar-refractivity contribution >= 4 is 45.0 Å². The monoisotopic (exact) mass is 425 g/mol. The van der Waals surface area contributed by atoms with E-state index in [-0.39, 0.29) is 36.8 Å². The highest BCUT2D eigenvalue weighted by Crippen LogP contribution is 2.14. The van der Waals surface area contributed by atoms with E-state index < -0.39 is 11.9 Å². The molecule has 1 aromatic carbocycles. The van der Waals surface area contributed by atoms with Crippen LogP contribution in [0.1, 0.15) is 45.6 Å². The Bertz CT molecular complexity index is 757. The Labute approximate surface area is 157 Å². The fraction of sp³-hybridized carbons (Fsp3) is 0.294. The fourth-order valence-corrected chi connectivity index (χ4v) is 2.84. The van der Waals surface area contributed by atoms with Crippen LogP contribution in [-0.2, 0) is 20.9 Å². The van der Waals surface area contributed by atoms with Crippen molar-refractivity contribution in [2.75, 3.05) is 6.61 Å². The van der Waals surface area contributed by atoms with Crippen LogP contribution in [0.5, 0.6) is 0 Å². The summed E-state index contributed by atoms with van der Waals surface area (Å²) in [6, 6.07) is 6.94. The van der Waals surface area contributed by atoms with E-state index in [1.165, 1.54) is 0 Å². The third-order valence-corrected chi connectivity index (χ3v) is 4.51. The second-order valence-electron chi connectivity index (χ2n) is 4.96. The van der Waals surface area contributed by atoms with Gasteiger partial charge in [0, 0.05) is 21.8 Å². The summed E-state index contributed by atoms with van der Waals surface area (Å²) in [5.41, 5.74) is 1.02. The van der Waals surface area contributed by atoms with E-state index in [4.69, 9.17) is 9.47 Å². The summed E-state index contributed by atoms with van der Waals surface area (Å²) in [6.45, 7) is 1.94. The van der Waals surface area contributed by atoms with Crippen molar-refractivity contribution in [2.24, 2.45) is 0 Å². The van der Waals surface area contributed by atoms with Gasteiger partial charge < -0.3 is 9.47 Å². The minimum atomic E-state index is -0.495. The summed E-state index contributed by atoms with van der Waals surface area (Å²) >= 11 is 4.43. The van der Waals surface area contributed by atoms with E-state index in [1.807, 2.05) is 0 Å². The lowest BCUT2D eigenvalue weighted by Gasteiger charge is -2.03. The molecule has 0 N–H and O–H groups in total. The van der Waals surface area contributed by atoms with E-state index in [0.29, 0.717) is 11.3 Å². The van der Waals surface area contributed by atoms with Crippen LogP contribution in [0.3, 0.4) is 0 Å². The van der Waals surface area contributed by atoms with Gasteiger partial charge in [-0.2, -0.15) is 0 Å². The molecule has 0 bridgehead atoms. The van der Waals surface area contributed by atoms with Gasteiger partial charge in [-0.1, -0.05) is 28.1 Å². The van der Waals surface area contributed by atoms with Gasteiger partial charge in [-0.05, 0) is 19.1 Å². The van der Waals surface area contributed by atoms with Crippen LogP contribution in [0, 0.1) is 0 Å².